The topological polar surface area (TPSA) is 89.6 Å². The van der Waals surface area contributed by atoms with Crippen molar-refractivity contribution < 1.29 is 0 Å². The van der Waals surface area contributed by atoms with E-state index in [4.69, 9.17) is 26.5 Å². The molecule has 0 N–H and O–H groups in total. The Labute approximate surface area is 341 Å². The monoisotopic (exact) mass is 762 g/mol. The van der Waals surface area contributed by atoms with Crippen LogP contribution >= 0.6 is 0 Å². The van der Waals surface area contributed by atoms with Gasteiger partial charge < -0.3 is 9.13 Å². The predicted molar refractivity (Wildman–Crippen MR) is 241 cm³/mol. The molecule has 0 unspecified atom stereocenters. The molecule has 0 saturated carbocycles. The average Bonchev–Trinajstić information content (AvgIpc) is 3.84. The lowest BCUT2D eigenvalue weighted by Gasteiger charge is -2.25. The Morgan fingerprint density at radius 1 is 0.433 bits per heavy atom. The van der Waals surface area contributed by atoms with Crippen LogP contribution in [0.25, 0.3) is 126 Å². The lowest BCUT2D eigenvalue weighted by Crippen LogP contribution is -2.08. The van der Waals surface area contributed by atoms with Crippen molar-refractivity contribution in [2.75, 3.05) is 0 Å². The molecule has 6 aromatic heterocycles. The Balaban J connectivity index is 1.33. The summed E-state index contributed by atoms with van der Waals surface area (Å²) in [6.07, 6.45) is 7.42. The molecule has 0 saturated heterocycles. The third-order valence-electron chi connectivity index (χ3n) is 12.3. The van der Waals surface area contributed by atoms with Gasteiger partial charge in [0.1, 0.15) is 6.07 Å². The van der Waals surface area contributed by atoms with Gasteiger partial charge in [0.05, 0.1) is 67.6 Å². The van der Waals surface area contributed by atoms with E-state index in [1.165, 1.54) is 0 Å². The molecule has 0 bridgehead atoms. The van der Waals surface area contributed by atoms with Crippen LogP contribution in [0.15, 0.2) is 158 Å². The summed E-state index contributed by atoms with van der Waals surface area (Å²) in [5, 5.41) is 19.6. The fourth-order valence-electron chi connectivity index (χ4n) is 10.0. The smallest absolute Gasteiger partial charge is 0.220 e. The highest BCUT2D eigenvalue weighted by molar-refractivity contribution is 6.34. The Bertz CT molecular complexity index is 3620. The SMILES string of the molecule is [C-]#[N+]c1c(-c2ccccc2)c(C#N)c(-n2c3ccnc4c5ccccc5c5nccc2c5c43)c(-c2ccccc2)c1-n1c2ccnc3c4ccccc4c4nccc1c4c32. The van der Waals surface area contributed by atoms with E-state index in [2.05, 4.69) is 56.4 Å². The molecule has 60 heavy (non-hydrogen) atoms. The first-order valence-electron chi connectivity index (χ1n) is 19.7. The molecule has 0 radical (unpaired) electrons. The second kappa shape index (κ2) is 11.9. The minimum Gasteiger partial charge on any atom is -0.318 e. The predicted octanol–water partition coefficient (Wildman–Crippen LogP) is 12.7. The quantitative estimate of drug-likeness (QED) is 0.132. The number of hydrogen-bond acceptors (Lipinski definition) is 5. The van der Waals surface area contributed by atoms with Crippen molar-refractivity contribution >= 4 is 92.9 Å². The minimum absolute atomic E-state index is 0.370. The molecule has 0 aliphatic rings. The molecule has 274 valence electrons. The molecular weight excluding hydrogens is 737 g/mol. The van der Waals surface area contributed by atoms with Crippen molar-refractivity contribution in [2.45, 2.75) is 0 Å². The molecule has 8 heteroatoms. The van der Waals surface area contributed by atoms with E-state index in [1.807, 2.05) is 122 Å². The summed E-state index contributed by atoms with van der Waals surface area (Å²) in [6, 6.07) is 47.4. The molecule has 7 aromatic carbocycles. The van der Waals surface area contributed by atoms with E-state index in [9.17, 15) is 5.26 Å². The maximum atomic E-state index is 11.7. The van der Waals surface area contributed by atoms with Crippen LogP contribution in [-0.4, -0.2) is 29.1 Å². The summed E-state index contributed by atoms with van der Waals surface area (Å²) in [7, 11) is 0. The van der Waals surface area contributed by atoms with Crippen molar-refractivity contribution in [1.82, 2.24) is 29.1 Å². The molecule has 0 amide bonds. The Hall–Kier alpha value is -8.72. The lowest BCUT2D eigenvalue weighted by molar-refractivity contribution is 1.13. The summed E-state index contributed by atoms with van der Waals surface area (Å²) in [5.41, 5.74) is 12.1. The molecule has 0 aliphatic carbocycles. The van der Waals surface area contributed by atoms with Crippen LogP contribution in [0.3, 0.4) is 0 Å². The van der Waals surface area contributed by atoms with E-state index in [1.54, 1.807) is 0 Å². The van der Waals surface area contributed by atoms with Crippen LogP contribution in [-0.2, 0) is 0 Å². The van der Waals surface area contributed by atoms with E-state index in [0.29, 0.717) is 28.2 Å². The third kappa shape index (κ3) is 4.01. The molecule has 0 fully saturated rings. The average molecular weight is 763 g/mol. The van der Waals surface area contributed by atoms with Crippen LogP contribution in [0.4, 0.5) is 5.69 Å². The van der Waals surface area contributed by atoms with Gasteiger partial charge in [-0.1, -0.05) is 109 Å². The van der Waals surface area contributed by atoms with E-state index >= 15 is 0 Å². The van der Waals surface area contributed by atoms with Gasteiger partial charge in [0.2, 0.25) is 5.69 Å². The number of hydrogen-bond donors (Lipinski definition) is 0. The lowest BCUT2D eigenvalue weighted by atomic mass is 9.88. The third-order valence-corrected chi connectivity index (χ3v) is 12.3. The highest BCUT2D eigenvalue weighted by Crippen LogP contribution is 2.53. The largest absolute Gasteiger partial charge is 0.318 e. The van der Waals surface area contributed by atoms with Crippen LogP contribution in [0, 0.1) is 17.9 Å². The first kappa shape index (κ1) is 32.4. The maximum Gasteiger partial charge on any atom is 0.220 e. The van der Waals surface area contributed by atoms with Crippen molar-refractivity contribution in [2.24, 2.45) is 0 Å². The number of nitrogens with zero attached hydrogens (tertiary/aromatic N) is 8. The van der Waals surface area contributed by atoms with Crippen molar-refractivity contribution in [1.29, 1.82) is 5.26 Å². The van der Waals surface area contributed by atoms with Gasteiger partial charge in [-0.05, 0) is 35.4 Å². The van der Waals surface area contributed by atoms with Crippen molar-refractivity contribution in [3.05, 3.63) is 175 Å². The Kier molecular flexibility index (Phi) is 6.42. The highest BCUT2D eigenvalue weighted by atomic mass is 15.1. The van der Waals surface area contributed by atoms with Gasteiger partial charge in [-0.2, -0.15) is 5.26 Å². The van der Waals surface area contributed by atoms with Crippen molar-refractivity contribution in [3.63, 3.8) is 0 Å². The molecular formula is C52H26N8. The zero-order chi connectivity index (χ0) is 39.6. The van der Waals surface area contributed by atoms with Gasteiger partial charge in [-0.25, -0.2) is 4.85 Å². The number of aromatic nitrogens is 6. The fourth-order valence-corrected chi connectivity index (χ4v) is 10.0. The van der Waals surface area contributed by atoms with Crippen LogP contribution in [0.1, 0.15) is 5.56 Å². The normalized spacial score (nSPS) is 12.0. The standard InChI is InChI=1S/C52H26N8/c1-54-50-40(29-12-4-2-5-13-29)35(28-53)51(59-36-20-24-55-46-31-16-8-9-17-32(31)47-43(42(36)46)37(59)21-25-56-47)41(30-14-6-3-7-15-30)52(50)60-38-22-26-57-48-33-18-10-11-19-34(33)49-45(44(38)48)39(60)23-27-58-49/h2-27H. The van der Waals surface area contributed by atoms with Gasteiger partial charge in [-0.3, -0.25) is 19.9 Å². The number of fused-ring (bicyclic) bond motifs is 6. The van der Waals surface area contributed by atoms with E-state index < -0.39 is 0 Å². The van der Waals surface area contributed by atoms with Gasteiger partial charge >= 0.3 is 0 Å². The summed E-state index contributed by atoms with van der Waals surface area (Å²) >= 11 is 0. The second-order valence-corrected chi connectivity index (χ2v) is 15.1. The summed E-state index contributed by atoms with van der Waals surface area (Å²) in [6.45, 7) is 9.13. The zero-order valence-electron chi connectivity index (χ0n) is 31.6. The number of benzene rings is 7. The molecule has 13 aromatic rings. The second-order valence-electron chi connectivity index (χ2n) is 15.1. The van der Waals surface area contributed by atoms with Crippen LogP contribution in [0.2, 0.25) is 0 Å². The summed E-state index contributed by atoms with van der Waals surface area (Å²) in [4.78, 5) is 24.4. The number of pyridine rings is 4. The fraction of sp³-hybridized carbons (Fsp3) is 0. The zero-order valence-corrected chi connectivity index (χ0v) is 31.6. The first-order valence-corrected chi connectivity index (χ1v) is 19.7. The molecule has 13 rings (SSSR count). The van der Waals surface area contributed by atoms with Crippen molar-refractivity contribution in [3.8, 4) is 39.7 Å². The number of nitriles is 1. The van der Waals surface area contributed by atoms with Gasteiger partial charge in [-0.15, -0.1) is 0 Å². The molecule has 0 atom stereocenters. The first-order chi connectivity index (χ1) is 29.8. The minimum atomic E-state index is 0.370. The van der Waals surface area contributed by atoms with Crippen LogP contribution in [0.5, 0.6) is 0 Å². The summed E-state index contributed by atoms with van der Waals surface area (Å²) in [5.74, 6) is 0. The molecule has 0 spiro atoms. The maximum absolute atomic E-state index is 11.7. The molecule has 6 heterocycles. The summed E-state index contributed by atoms with van der Waals surface area (Å²) < 4.78 is 4.45. The van der Waals surface area contributed by atoms with Crippen LogP contribution < -0.4 is 0 Å². The molecule has 8 nitrogen and oxygen atoms in total. The van der Waals surface area contributed by atoms with E-state index in [0.717, 1.165) is 104 Å². The van der Waals surface area contributed by atoms with Gasteiger partial charge in [0.25, 0.3) is 0 Å². The Morgan fingerprint density at radius 2 is 0.783 bits per heavy atom. The van der Waals surface area contributed by atoms with E-state index in [-0.39, 0.29) is 0 Å². The number of rotatable bonds is 4. The van der Waals surface area contributed by atoms with Gasteiger partial charge in [0, 0.05) is 79.0 Å². The molecule has 0 aliphatic heterocycles. The van der Waals surface area contributed by atoms with Gasteiger partial charge in [0.15, 0.2) is 0 Å². The Morgan fingerprint density at radius 3 is 1.15 bits per heavy atom. The highest BCUT2D eigenvalue weighted by Gasteiger charge is 2.33.